The molecule has 0 saturated heterocycles. The van der Waals surface area contributed by atoms with Crippen molar-refractivity contribution in [3.63, 3.8) is 0 Å². The Kier molecular flexibility index (Phi) is 1.85. The third-order valence-electron chi connectivity index (χ3n) is 2.92. The second kappa shape index (κ2) is 3.12. The normalized spacial score (nSPS) is 11.4. The Morgan fingerprint density at radius 2 is 2.25 bits per heavy atom. The molecular weight excluding hydrogens is 224 g/mol. The van der Waals surface area contributed by atoms with Crippen LogP contribution in [0.3, 0.4) is 0 Å². The summed E-state index contributed by atoms with van der Waals surface area (Å²) in [6, 6.07) is 7.58. The summed E-state index contributed by atoms with van der Waals surface area (Å²) in [7, 11) is 1.88. The number of fused-ring (bicyclic) bond motifs is 3. The summed E-state index contributed by atoms with van der Waals surface area (Å²) in [4.78, 5) is 14.1. The molecule has 0 unspecified atom stereocenters. The molecule has 0 radical (unpaired) electrons. The minimum atomic E-state index is 0.656. The van der Waals surface area contributed by atoms with Crippen molar-refractivity contribution in [2.24, 2.45) is 7.05 Å². The predicted octanol–water partition coefficient (Wildman–Crippen LogP) is 3.13. The highest BCUT2D eigenvalue weighted by Crippen LogP contribution is 2.31. The molecule has 4 heteroatoms. The second-order valence-corrected chi connectivity index (χ2v) is 4.20. The summed E-state index contributed by atoms with van der Waals surface area (Å²) >= 11 is 6.10. The fourth-order valence-electron chi connectivity index (χ4n) is 2.14. The van der Waals surface area contributed by atoms with Crippen LogP contribution in [0.15, 0.2) is 24.3 Å². The predicted molar refractivity (Wildman–Crippen MR) is 65.2 cm³/mol. The van der Waals surface area contributed by atoms with Crippen LogP contribution in [-0.2, 0) is 7.05 Å². The first-order valence-corrected chi connectivity index (χ1v) is 5.31. The van der Waals surface area contributed by atoms with Crippen molar-refractivity contribution in [3.8, 4) is 0 Å². The summed E-state index contributed by atoms with van der Waals surface area (Å²) in [6.45, 7) is 0. The number of nitrogens with one attached hydrogen (secondary N) is 1. The Labute approximate surface area is 96.6 Å². The molecule has 0 fully saturated rings. The molecule has 0 aliphatic carbocycles. The van der Waals surface area contributed by atoms with Gasteiger partial charge in [0, 0.05) is 12.4 Å². The fraction of sp³-hybridized carbons (Fsp3) is 0.0833. The van der Waals surface area contributed by atoms with Gasteiger partial charge in [0.25, 0.3) is 0 Å². The molecule has 80 valence electrons. The summed E-state index contributed by atoms with van der Waals surface area (Å²) in [6.07, 6.45) is 0.851. The average Bonchev–Trinajstić information content (AvgIpc) is 2.77. The molecule has 3 nitrogen and oxygen atoms in total. The Morgan fingerprint density at radius 1 is 1.44 bits per heavy atom. The monoisotopic (exact) mass is 232 g/mol. The third-order valence-corrected chi connectivity index (χ3v) is 3.23. The largest absolute Gasteiger partial charge is 0.352 e. The van der Waals surface area contributed by atoms with Crippen LogP contribution in [0.2, 0.25) is 5.02 Å². The number of benzene rings is 1. The van der Waals surface area contributed by atoms with Crippen LogP contribution < -0.4 is 0 Å². The third kappa shape index (κ3) is 1.06. The molecule has 1 N–H and O–H groups in total. The van der Waals surface area contributed by atoms with Crippen LogP contribution in [0.5, 0.6) is 0 Å². The number of para-hydroxylation sites is 1. The van der Waals surface area contributed by atoms with E-state index in [1.54, 1.807) is 0 Å². The SMILES string of the molecule is Cn1c(C=O)cc2[nH]c3c(Cl)cccc3c21. The lowest BCUT2D eigenvalue weighted by atomic mass is 10.2. The van der Waals surface area contributed by atoms with Crippen LogP contribution >= 0.6 is 11.6 Å². The van der Waals surface area contributed by atoms with E-state index in [1.807, 2.05) is 35.9 Å². The number of H-pyrrole nitrogens is 1. The molecular formula is C12H9ClN2O. The van der Waals surface area contributed by atoms with Crippen molar-refractivity contribution >= 4 is 39.8 Å². The van der Waals surface area contributed by atoms with E-state index < -0.39 is 0 Å². The van der Waals surface area contributed by atoms with E-state index in [1.165, 1.54) is 0 Å². The lowest BCUT2D eigenvalue weighted by molar-refractivity contribution is 0.111. The molecule has 3 aromatic rings. The molecule has 0 atom stereocenters. The molecule has 0 bridgehead atoms. The van der Waals surface area contributed by atoms with E-state index in [2.05, 4.69) is 4.98 Å². The van der Waals surface area contributed by atoms with Gasteiger partial charge in [-0.25, -0.2) is 0 Å². The Balaban J connectivity index is 2.56. The van der Waals surface area contributed by atoms with Crippen LogP contribution in [0, 0.1) is 0 Å². The minimum absolute atomic E-state index is 0.656. The van der Waals surface area contributed by atoms with Gasteiger partial charge < -0.3 is 9.55 Å². The van der Waals surface area contributed by atoms with E-state index in [9.17, 15) is 4.79 Å². The summed E-state index contributed by atoms with van der Waals surface area (Å²) in [5, 5.41) is 1.74. The number of hydrogen-bond donors (Lipinski definition) is 1. The lowest BCUT2D eigenvalue weighted by Gasteiger charge is -1.98. The zero-order chi connectivity index (χ0) is 11.3. The van der Waals surface area contributed by atoms with Gasteiger partial charge in [0.1, 0.15) is 0 Å². The van der Waals surface area contributed by atoms with E-state index in [4.69, 9.17) is 11.6 Å². The molecule has 2 heterocycles. The Hall–Kier alpha value is -1.74. The second-order valence-electron chi connectivity index (χ2n) is 3.80. The van der Waals surface area contributed by atoms with Gasteiger partial charge in [-0.15, -0.1) is 0 Å². The Bertz CT molecular complexity index is 709. The highest BCUT2D eigenvalue weighted by Gasteiger charge is 2.12. The molecule has 1 aromatic carbocycles. The first kappa shape index (κ1) is 9.48. The highest BCUT2D eigenvalue weighted by molar-refractivity contribution is 6.36. The zero-order valence-corrected chi connectivity index (χ0v) is 9.38. The maximum atomic E-state index is 10.8. The number of rotatable bonds is 1. The number of nitrogens with zero attached hydrogens (tertiary/aromatic N) is 1. The van der Waals surface area contributed by atoms with Crippen molar-refractivity contribution in [1.29, 1.82) is 0 Å². The summed E-state index contributed by atoms with van der Waals surface area (Å²) < 4.78 is 1.87. The summed E-state index contributed by atoms with van der Waals surface area (Å²) in [5.41, 5.74) is 3.53. The van der Waals surface area contributed by atoms with Crippen molar-refractivity contribution in [2.45, 2.75) is 0 Å². The van der Waals surface area contributed by atoms with Crippen molar-refractivity contribution in [1.82, 2.24) is 9.55 Å². The highest BCUT2D eigenvalue weighted by atomic mass is 35.5. The number of aryl methyl sites for hydroxylation is 1. The van der Waals surface area contributed by atoms with Gasteiger partial charge in [-0.1, -0.05) is 23.7 Å². The van der Waals surface area contributed by atoms with Crippen LogP contribution in [-0.4, -0.2) is 15.8 Å². The Morgan fingerprint density at radius 3 is 3.00 bits per heavy atom. The number of carbonyl (C=O) groups is 1. The fourth-order valence-corrected chi connectivity index (χ4v) is 2.36. The number of carbonyl (C=O) groups excluding carboxylic acids is 1. The van der Waals surface area contributed by atoms with Crippen LogP contribution in [0.4, 0.5) is 0 Å². The van der Waals surface area contributed by atoms with Gasteiger partial charge >= 0.3 is 0 Å². The molecule has 0 aliphatic rings. The number of aldehydes is 1. The van der Waals surface area contributed by atoms with Crippen LogP contribution in [0.1, 0.15) is 10.5 Å². The standard InChI is InChI=1S/C12H9ClN2O/c1-15-7(6-16)5-10-12(15)8-3-2-4-9(13)11(8)14-10/h2-6,14H,1H3. The number of hydrogen-bond acceptors (Lipinski definition) is 1. The van der Waals surface area contributed by atoms with Gasteiger partial charge in [0.05, 0.1) is 27.3 Å². The molecule has 0 spiro atoms. The van der Waals surface area contributed by atoms with Gasteiger partial charge in [-0.3, -0.25) is 4.79 Å². The smallest absolute Gasteiger partial charge is 0.166 e. The first-order valence-electron chi connectivity index (χ1n) is 4.93. The van der Waals surface area contributed by atoms with Gasteiger partial charge in [-0.05, 0) is 12.1 Å². The van der Waals surface area contributed by atoms with Crippen molar-refractivity contribution in [3.05, 3.63) is 35.0 Å². The minimum Gasteiger partial charge on any atom is -0.352 e. The molecule has 16 heavy (non-hydrogen) atoms. The number of halogens is 1. The van der Waals surface area contributed by atoms with Gasteiger partial charge in [0.2, 0.25) is 0 Å². The first-order chi connectivity index (χ1) is 7.72. The van der Waals surface area contributed by atoms with Crippen molar-refractivity contribution < 1.29 is 4.79 Å². The molecule has 0 aliphatic heterocycles. The van der Waals surface area contributed by atoms with E-state index in [0.29, 0.717) is 10.7 Å². The molecule has 3 rings (SSSR count). The van der Waals surface area contributed by atoms with Crippen molar-refractivity contribution in [2.75, 3.05) is 0 Å². The zero-order valence-electron chi connectivity index (χ0n) is 8.62. The molecule has 2 aromatic heterocycles. The molecule has 0 amide bonds. The quantitative estimate of drug-likeness (QED) is 0.643. The van der Waals surface area contributed by atoms with Gasteiger partial charge in [-0.2, -0.15) is 0 Å². The lowest BCUT2D eigenvalue weighted by Crippen LogP contribution is -1.93. The maximum Gasteiger partial charge on any atom is 0.166 e. The topological polar surface area (TPSA) is 37.8 Å². The average molecular weight is 233 g/mol. The summed E-state index contributed by atoms with van der Waals surface area (Å²) in [5.74, 6) is 0. The van der Waals surface area contributed by atoms with E-state index in [0.717, 1.165) is 28.2 Å². The van der Waals surface area contributed by atoms with Crippen LogP contribution in [0.25, 0.3) is 21.9 Å². The number of aromatic amines is 1. The number of aromatic nitrogens is 2. The van der Waals surface area contributed by atoms with E-state index >= 15 is 0 Å². The van der Waals surface area contributed by atoms with E-state index in [-0.39, 0.29) is 0 Å². The molecule has 0 saturated carbocycles. The maximum absolute atomic E-state index is 10.8. The van der Waals surface area contributed by atoms with Gasteiger partial charge in [0.15, 0.2) is 6.29 Å².